The molecule has 0 saturated heterocycles. The lowest BCUT2D eigenvalue weighted by atomic mass is 10.0. The number of halogens is 3. The van der Waals surface area contributed by atoms with E-state index in [0.29, 0.717) is 21.1 Å². The summed E-state index contributed by atoms with van der Waals surface area (Å²) < 4.78 is 57.6. The normalized spacial score (nSPS) is 11.6. The van der Waals surface area contributed by atoms with E-state index in [-0.39, 0.29) is 10.5 Å². The lowest BCUT2D eigenvalue weighted by Gasteiger charge is -2.12. The quantitative estimate of drug-likeness (QED) is 0.375. The van der Waals surface area contributed by atoms with Gasteiger partial charge in [0.2, 0.25) is 5.78 Å². The fourth-order valence-corrected chi connectivity index (χ4v) is 4.62. The number of aryl methyl sites for hydroxylation is 1. The minimum Gasteiger partial charge on any atom is -0.345 e. The molecule has 158 valence electrons. The number of nitrogens with zero attached hydrogens (tertiary/aromatic N) is 1. The van der Waals surface area contributed by atoms with Crippen LogP contribution in [0.5, 0.6) is 0 Å². The van der Waals surface area contributed by atoms with Crippen LogP contribution in [0, 0.1) is 18.6 Å². The van der Waals surface area contributed by atoms with E-state index in [0.717, 1.165) is 12.1 Å². The molecule has 31 heavy (non-hydrogen) atoms. The van der Waals surface area contributed by atoms with Gasteiger partial charge in [0.25, 0.3) is 10.0 Å². The van der Waals surface area contributed by atoms with Crippen molar-refractivity contribution < 1.29 is 22.0 Å². The molecule has 0 unspecified atom stereocenters. The highest BCUT2D eigenvalue weighted by Gasteiger charge is 2.26. The Morgan fingerprint density at radius 1 is 1.16 bits per heavy atom. The van der Waals surface area contributed by atoms with E-state index < -0.39 is 38.7 Å². The van der Waals surface area contributed by atoms with Gasteiger partial charge in [0.05, 0.1) is 16.1 Å². The second kappa shape index (κ2) is 7.86. The number of sulfonamides is 1. The van der Waals surface area contributed by atoms with Crippen molar-refractivity contribution in [2.45, 2.75) is 11.8 Å². The monoisotopic (exact) mass is 505 g/mol. The molecular formula is C21H14BrF2N3O3S. The molecule has 2 aromatic carbocycles. The van der Waals surface area contributed by atoms with Gasteiger partial charge < -0.3 is 4.98 Å². The van der Waals surface area contributed by atoms with Crippen molar-refractivity contribution in [1.29, 1.82) is 0 Å². The highest BCUT2D eigenvalue weighted by Crippen LogP contribution is 2.29. The number of nitrogens with one attached hydrogen (secondary N) is 2. The number of ketones is 1. The number of aromatic nitrogens is 2. The Hall–Kier alpha value is -3.11. The van der Waals surface area contributed by atoms with Gasteiger partial charge in [-0.3, -0.25) is 9.52 Å². The molecule has 0 fully saturated rings. The zero-order valence-electron chi connectivity index (χ0n) is 15.9. The second-order valence-electron chi connectivity index (χ2n) is 6.79. The fourth-order valence-electron chi connectivity index (χ4n) is 3.13. The van der Waals surface area contributed by atoms with Gasteiger partial charge in [-0.05, 0) is 58.7 Å². The summed E-state index contributed by atoms with van der Waals surface area (Å²) in [7, 11) is -4.15. The van der Waals surface area contributed by atoms with Gasteiger partial charge in [0, 0.05) is 27.8 Å². The summed E-state index contributed by atoms with van der Waals surface area (Å²) >= 11 is 3.24. The van der Waals surface area contributed by atoms with E-state index in [1.54, 1.807) is 25.1 Å². The van der Waals surface area contributed by atoms with E-state index in [2.05, 4.69) is 30.6 Å². The number of H-pyrrole nitrogens is 1. The standard InChI is InChI=1S/C21H14BrF2N3O3S/c1-11-3-2-4-13(7-11)31(29,30)27-17-6-5-16(23)18(19(17)24)20(28)15-10-26-21-14(15)8-12(22)9-25-21/h2-10,27H,1H3,(H,25,26). The molecule has 2 aromatic heterocycles. The van der Waals surface area contributed by atoms with Crippen LogP contribution in [0.1, 0.15) is 21.5 Å². The minimum atomic E-state index is -4.15. The Morgan fingerprint density at radius 2 is 1.94 bits per heavy atom. The first kappa shape index (κ1) is 21.1. The second-order valence-corrected chi connectivity index (χ2v) is 9.39. The number of rotatable bonds is 5. The van der Waals surface area contributed by atoms with Crippen LogP contribution in [0.3, 0.4) is 0 Å². The molecule has 0 saturated carbocycles. The average molecular weight is 506 g/mol. The summed E-state index contributed by atoms with van der Waals surface area (Å²) in [4.78, 5) is 19.8. The molecule has 0 aliphatic rings. The third-order valence-corrected chi connectivity index (χ3v) is 6.40. The SMILES string of the molecule is Cc1cccc(S(=O)(=O)Nc2ccc(F)c(C(=O)c3c[nH]c4ncc(Br)cc34)c2F)c1. The minimum absolute atomic E-state index is 0.000270. The van der Waals surface area contributed by atoms with Crippen molar-refractivity contribution in [2.24, 2.45) is 0 Å². The van der Waals surface area contributed by atoms with Crippen LogP contribution in [0.15, 0.2) is 64.2 Å². The van der Waals surface area contributed by atoms with E-state index >= 15 is 4.39 Å². The molecular weight excluding hydrogens is 492 g/mol. The molecule has 4 aromatic rings. The van der Waals surface area contributed by atoms with Gasteiger partial charge in [-0.2, -0.15) is 0 Å². The van der Waals surface area contributed by atoms with Crippen LogP contribution in [0.2, 0.25) is 0 Å². The number of aromatic amines is 1. The first-order valence-corrected chi connectivity index (χ1v) is 11.2. The average Bonchev–Trinajstić information content (AvgIpc) is 3.13. The van der Waals surface area contributed by atoms with Crippen LogP contribution in [-0.4, -0.2) is 24.2 Å². The van der Waals surface area contributed by atoms with Gasteiger partial charge in [0.15, 0.2) is 5.82 Å². The third kappa shape index (κ3) is 3.96. The maximum Gasteiger partial charge on any atom is 0.261 e. The Kier molecular flexibility index (Phi) is 5.36. The topological polar surface area (TPSA) is 91.9 Å². The Labute approximate surface area is 184 Å². The molecule has 0 amide bonds. The number of anilines is 1. The van der Waals surface area contributed by atoms with Crippen molar-refractivity contribution in [2.75, 3.05) is 4.72 Å². The first-order chi connectivity index (χ1) is 14.7. The van der Waals surface area contributed by atoms with Crippen molar-refractivity contribution in [3.63, 3.8) is 0 Å². The van der Waals surface area contributed by atoms with Gasteiger partial charge in [-0.25, -0.2) is 22.2 Å². The van der Waals surface area contributed by atoms with E-state index in [1.807, 2.05) is 0 Å². The number of hydrogen-bond donors (Lipinski definition) is 2. The molecule has 0 aliphatic heterocycles. The molecule has 0 aliphatic carbocycles. The third-order valence-electron chi connectivity index (χ3n) is 4.60. The van der Waals surface area contributed by atoms with E-state index in [9.17, 15) is 17.6 Å². The number of carbonyl (C=O) groups is 1. The van der Waals surface area contributed by atoms with Gasteiger partial charge in [-0.1, -0.05) is 12.1 Å². The summed E-state index contributed by atoms with van der Waals surface area (Å²) in [6.45, 7) is 1.71. The summed E-state index contributed by atoms with van der Waals surface area (Å²) in [5, 5.41) is 0.365. The number of benzene rings is 2. The van der Waals surface area contributed by atoms with Crippen molar-refractivity contribution in [1.82, 2.24) is 9.97 Å². The smallest absolute Gasteiger partial charge is 0.261 e. The molecule has 10 heteroatoms. The van der Waals surface area contributed by atoms with Gasteiger partial charge >= 0.3 is 0 Å². The van der Waals surface area contributed by atoms with Gasteiger partial charge in [0.1, 0.15) is 11.5 Å². The van der Waals surface area contributed by atoms with Crippen molar-refractivity contribution >= 4 is 48.5 Å². The van der Waals surface area contributed by atoms with Crippen molar-refractivity contribution in [3.8, 4) is 0 Å². The highest BCUT2D eigenvalue weighted by molar-refractivity contribution is 9.10. The van der Waals surface area contributed by atoms with Crippen LogP contribution in [-0.2, 0) is 10.0 Å². The number of fused-ring (bicyclic) bond motifs is 1. The number of carbonyl (C=O) groups excluding carboxylic acids is 1. The molecule has 6 nitrogen and oxygen atoms in total. The van der Waals surface area contributed by atoms with Crippen LogP contribution in [0.4, 0.5) is 14.5 Å². The van der Waals surface area contributed by atoms with Crippen LogP contribution < -0.4 is 4.72 Å². The largest absolute Gasteiger partial charge is 0.345 e. The lowest BCUT2D eigenvalue weighted by Crippen LogP contribution is -2.16. The molecule has 0 spiro atoms. The molecule has 2 N–H and O–H groups in total. The Morgan fingerprint density at radius 3 is 2.68 bits per heavy atom. The fraction of sp³-hybridized carbons (Fsp3) is 0.0476. The molecule has 4 rings (SSSR count). The predicted molar refractivity (Wildman–Crippen MR) is 116 cm³/mol. The first-order valence-electron chi connectivity index (χ1n) is 8.92. The van der Waals surface area contributed by atoms with Crippen LogP contribution >= 0.6 is 15.9 Å². The lowest BCUT2D eigenvalue weighted by molar-refractivity contribution is 0.103. The van der Waals surface area contributed by atoms with E-state index in [1.165, 1.54) is 24.5 Å². The molecule has 0 atom stereocenters. The predicted octanol–water partition coefficient (Wildman–Crippen LogP) is 4.94. The zero-order valence-corrected chi connectivity index (χ0v) is 18.3. The summed E-state index contributed by atoms with van der Waals surface area (Å²) in [5.41, 5.74) is -0.350. The summed E-state index contributed by atoms with van der Waals surface area (Å²) in [6, 6.07) is 9.37. The highest BCUT2D eigenvalue weighted by atomic mass is 79.9. The van der Waals surface area contributed by atoms with Crippen LogP contribution in [0.25, 0.3) is 11.0 Å². The maximum absolute atomic E-state index is 15.2. The maximum atomic E-state index is 15.2. The Bertz CT molecular complexity index is 1450. The summed E-state index contributed by atoms with van der Waals surface area (Å²) in [5.74, 6) is -3.37. The molecule has 0 bridgehead atoms. The van der Waals surface area contributed by atoms with Gasteiger partial charge in [-0.15, -0.1) is 0 Å². The summed E-state index contributed by atoms with van der Waals surface area (Å²) in [6.07, 6.45) is 2.81. The zero-order chi connectivity index (χ0) is 22.3. The van der Waals surface area contributed by atoms with E-state index in [4.69, 9.17) is 0 Å². The number of hydrogen-bond acceptors (Lipinski definition) is 4. The van der Waals surface area contributed by atoms with Crippen molar-refractivity contribution in [3.05, 3.63) is 87.7 Å². The molecule has 0 radical (unpaired) electrons. The number of pyridine rings is 1. The Balaban J connectivity index is 1.77. The molecule has 2 heterocycles.